The fourth-order valence-corrected chi connectivity index (χ4v) is 2.40. The first-order valence-electron chi connectivity index (χ1n) is 7.27. The molecule has 0 aliphatic rings. The highest BCUT2D eigenvalue weighted by atomic mass is 35.5. The summed E-state index contributed by atoms with van der Waals surface area (Å²) in [6, 6.07) is 7.18. The third kappa shape index (κ3) is 4.79. The van der Waals surface area contributed by atoms with Crippen LogP contribution in [0.5, 0.6) is 0 Å². The van der Waals surface area contributed by atoms with Crippen molar-refractivity contribution in [3.05, 3.63) is 46.7 Å². The lowest BCUT2D eigenvalue weighted by Crippen LogP contribution is -2.34. The lowest BCUT2D eigenvalue weighted by molar-refractivity contribution is -0.115. The van der Waals surface area contributed by atoms with Gasteiger partial charge in [0, 0.05) is 31.1 Å². The number of aryl methyl sites for hydroxylation is 2. The number of hydrogen-bond acceptors (Lipinski definition) is 4. The molecule has 0 saturated heterocycles. The van der Waals surface area contributed by atoms with E-state index in [1.54, 1.807) is 30.1 Å². The van der Waals surface area contributed by atoms with E-state index in [4.69, 9.17) is 16.3 Å². The van der Waals surface area contributed by atoms with Crippen molar-refractivity contribution in [2.75, 3.05) is 25.6 Å². The summed E-state index contributed by atoms with van der Waals surface area (Å²) in [6.07, 6.45) is 1.72. The van der Waals surface area contributed by atoms with Gasteiger partial charge in [-0.1, -0.05) is 11.6 Å². The maximum atomic E-state index is 12.1. The first-order chi connectivity index (χ1) is 11.0. The lowest BCUT2D eigenvalue weighted by atomic mass is 10.2. The molecule has 2 aromatic rings. The minimum atomic E-state index is -0.130. The zero-order chi connectivity index (χ0) is 16.8. The van der Waals surface area contributed by atoms with Crippen LogP contribution in [0.4, 0.5) is 5.69 Å². The molecule has 0 aliphatic carbocycles. The molecule has 1 aromatic heterocycles. The van der Waals surface area contributed by atoms with E-state index < -0.39 is 0 Å². The number of carbonyl (C=O) groups is 1. The number of anilines is 1. The number of nitrogens with one attached hydrogen (secondary N) is 2. The van der Waals surface area contributed by atoms with Gasteiger partial charge in [-0.15, -0.1) is 0 Å². The number of hydrogen-bond donors (Lipinski definition) is 2. The molecular formula is C16H21ClN4O2. The third-order valence-corrected chi connectivity index (χ3v) is 3.92. The van der Waals surface area contributed by atoms with Gasteiger partial charge < -0.3 is 10.1 Å². The molecule has 2 N–H and O–H groups in total. The lowest BCUT2D eigenvalue weighted by Gasteiger charge is -2.18. The predicted octanol–water partition coefficient (Wildman–Crippen LogP) is 2.30. The Kier molecular flexibility index (Phi) is 6.15. The van der Waals surface area contributed by atoms with E-state index in [2.05, 4.69) is 15.7 Å². The zero-order valence-corrected chi connectivity index (χ0v) is 14.2. The second kappa shape index (κ2) is 8.10. The van der Waals surface area contributed by atoms with Crippen LogP contribution in [0.1, 0.15) is 17.3 Å². The van der Waals surface area contributed by atoms with Gasteiger partial charge in [0.2, 0.25) is 5.91 Å². The van der Waals surface area contributed by atoms with Crippen LogP contribution in [0.2, 0.25) is 5.02 Å². The van der Waals surface area contributed by atoms with Gasteiger partial charge in [0.25, 0.3) is 0 Å². The number of benzene rings is 1. The Morgan fingerprint density at radius 2 is 2.22 bits per heavy atom. The SMILES string of the molecule is COCC(NCC(=O)Nc1ccc(Cl)c(C)c1)c1ccnn1C. The Hall–Kier alpha value is -1.89. The number of halogens is 1. The summed E-state index contributed by atoms with van der Waals surface area (Å²) < 4.78 is 6.97. The molecule has 0 aliphatic heterocycles. The average Bonchev–Trinajstić information content (AvgIpc) is 2.93. The van der Waals surface area contributed by atoms with Crippen LogP contribution in [0.3, 0.4) is 0 Å². The minimum absolute atomic E-state index is 0.106. The van der Waals surface area contributed by atoms with Crippen LogP contribution in [0.25, 0.3) is 0 Å². The van der Waals surface area contributed by atoms with Crippen molar-refractivity contribution >= 4 is 23.2 Å². The van der Waals surface area contributed by atoms with Gasteiger partial charge in [-0.25, -0.2) is 0 Å². The van der Waals surface area contributed by atoms with E-state index in [-0.39, 0.29) is 18.5 Å². The predicted molar refractivity (Wildman–Crippen MR) is 90.6 cm³/mol. The number of methoxy groups -OCH3 is 1. The summed E-state index contributed by atoms with van der Waals surface area (Å²) in [6.45, 7) is 2.51. The molecule has 124 valence electrons. The van der Waals surface area contributed by atoms with E-state index >= 15 is 0 Å². The Morgan fingerprint density at radius 1 is 1.43 bits per heavy atom. The molecule has 23 heavy (non-hydrogen) atoms. The molecule has 0 fully saturated rings. The minimum Gasteiger partial charge on any atom is -0.383 e. The van der Waals surface area contributed by atoms with Crippen molar-refractivity contribution in [1.82, 2.24) is 15.1 Å². The number of aromatic nitrogens is 2. The van der Waals surface area contributed by atoms with E-state index in [0.29, 0.717) is 11.6 Å². The van der Waals surface area contributed by atoms with E-state index in [1.807, 2.05) is 26.1 Å². The van der Waals surface area contributed by atoms with E-state index in [0.717, 1.165) is 16.9 Å². The summed E-state index contributed by atoms with van der Waals surface area (Å²) in [4.78, 5) is 12.1. The second-order valence-electron chi connectivity index (χ2n) is 5.28. The van der Waals surface area contributed by atoms with Crippen LogP contribution in [-0.2, 0) is 16.6 Å². The highest BCUT2D eigenvalue weighted by Crippen LogP contribution is 2.19. The zero-order valence-electron chi connectivity index (χ0n) is 13.5. The third-order valence-electron chi connectivity index (χ3n) is 3.50. The molecule has 0 spiro atoms. The Balaban J connectivity index is 1.93. The average molecular weight is 337 g/mol. The molecule has 6 nitrogen and oxygen atoms in total. The van der Waals surface area contributed by atoms with Gasteiger partial charge in [-0.2, -0.15) is 5.10 Å². The number of ether oxygens (including phenoxy) is 1. The molecular weight excluding hydrogens is 316 g/mol. The number of rotatable bonds is 7. The summed E-state index contributed by atoms with van der Waals surface area (Å²) in [5, 5.41) is 10.8. The monoisotopic (exact) mass is 336 g/mol. The molecule has 0 radical (unpaired) electrons. The standard InChI is InChI=1S/C16H21ClN4O2/c1-11-8-12(4-5-13(11)17)20-16(22)9-18-14(10-23-3)15-6-7-19-21(15)2/h4-8,14,18H,9-10H2,1-3H3,(H,20,22). The second-order valence-corrected chi connectivity index (χ2v) is 5.69. The summed E-state index contributed by atoms with van der Waals surface area (Å²) in [5.41, 5.74) is 2.61. The van der Waals surface area contributed by atoms with Gasteiger partial charge in [0.15, 0.2) is 0 Å². The normalized spacial score (nSPS) is 12.2. The summed E-state index contributed by atoms with van der Waals surface area (Å²) in [7, 11) is 3.48. The van der Waals surface area contributed by atoms with Crippen molar-refractivity contribution in [2.45, 2.75) is 13.0 Å². The molecule has 7 heteroatoms. The quantitative estimate of drug-likeness (QED) is 0.814. The fourth-order valence-electron chi connectivity index (χ4n) is 2.28. The van der Waals surface area contributed by atoms with Crippen molar-refractivity contribution in [1.29, 1.82) is 0 Å². The molecule has 1 heterocycles. The largest absolute Gasteiger partial charge is 0.383 e. The topological polar surface area (TPSA) is 68.2 Å². The molecule has 0 saturated carbocycles. The van der Waals surface area contributed by atoms with Crippen molar-refractivity contribution in [3.63, 3.8) is 0 Å². The Bertz CT molecular complexity index is 672. The Labute approximate surface area is 140 Å². The van der Waals surface area contributed by atoms with Crippen LogP contribution in [0.15, 0.2) is 30.5 Å². The molecule has 2 rings (SSSR count). The van der Waals surface area contributed by atoms with E-state index in [9.17, 15) is 4.79 Å². The highest BCUT2D eigenvalue weighted by molar-refractivity contribution is 6.31. The van der Waals surface area contributed by atoms with Crippen molar-refractivity contribution in [2.24, 2.45) is 7.05 Å². The van der Waals surface area contributed by atoms with Crippen LogP contribution < -0.4 is 10.6 Å². The maximum Gasteiger partial charge on any atom is 0.238 e. The molecule has 0 bridgehead atoms. The molecule has 1 amide bonds. The van der Waals surface area contributed by atoms with Crippen LogP contribution >= 0.6 is 11.6 Å². The van der Waals surface area contributed by atoms with Gasteiger partial charge in [-0.05, 0) is 36.8 Å². The number of carbonyl (C=O) groups excluding carboxylic acids is 1. The van der Waals surface area contributed by atoms with Crippen LogP contribution in [0, 0.1) is 6.92 Å². The maximum absolute atomic E-state index is 12.1. The summed E-state index contributed by atoms with van der Waals surface area (Å²) in [5.74, 6) is -0.130. The molecule has 1 atom stereocenters. The van der Waals surface area contributed by atoms with Gasteiger partial charge in [0.05, 0.1) is 24.9 Å². The smallest absolute Gasteiger partial charge is 0.238 e. The summed E-state index contributed by atoms with van der Waals surface area (Å²) >= 11 is 5.98. The van der Waals surface area contributed by atoms with Crippen molar-refractivity contribution < 1.29 is 9.53 Å². The highest BCUT2D eigenvalue weighted by Gasteiger charge is 2.16. The van der Waals surface area contributed by atoms with Gasteiger partial charge in [-0.3, -0.25) is 14.8 Å². The van der Waals surface area contributed by atoms with Gasteiger partial charge in [0.1, 0.15) is 0 Å². The Morgan fingerprint density at radius 3 is 2.83 bits per heavy atom. The number of amides is 1. The fraction of sp³-hybridized carbons (Fsp3) is 0.375. The molecule has 1 aromatic carbocycles. The van der Waals surface area contributed by atoms with Crippen LogP contribution in [-0.4, -0.2) is 35.9 Å². The van der Waals surface area contributed by atoms with E-state index in [1.165, 1.54) is 0 Å². The number of nitrogens with zero attached hydrogens (tertiary/aromatic N) is 2. The van der Waals surface area contributed by atoms with Gasteiger partial charge >= 0.3 is 0 Å². The molecule has 1 unspecified atom stereocenters. The first kappa shape index (κ1) is 17.5. The first-order valence-corrected chi connectivity index (χ1v) is 7.65. The van der Waals surface area contributed by atoms with Crippen molar-refractivity contribution in [3.8, 4) is 0 Å².